The van der Waals surface area contributed by atoms with E-state index in [9.17, 15) is 9.90 Å². The third-order valence-corrected chi connectivity index (χ3v) is 5.09. The molecule has 148 valence electrons. The number of hydrogen-bond acceptors (Lipinski definition) is 6. The molecule has 1 heterocycles. The molecule has 0 saturated carbocycles. The average Bonchev–Trinajstić information content (AvgIpc) is 2.75. The Bertz CT molecular complexity index is 1150. The fourth-order valence-electron chi connectivity index (χ4n) is 3.60. The first-order chi connectivity index (χ1) is 14.1. The molecular weight excluding hydrogens is 370 g/mol. The van der Waals surface area contributed by atoms with E-state index < -0.39 is 0 Å². The third-order valence-electron chi connectivity index (χ3n) is 5.09. The first kappa shape index (κ1) is 18.8. The number of phenolic OH excluding ortho intramolecular Hbond substituents is 1. The number of phenols is 1. The van der Waals surface area contributed by atoms with Gasteiger partial charge < -0.3 is 19.0 Å². The molecule has 0 unspecified atom stereocenters. The van der Waals surface area contributed by atoms with E-state index in [2.05, 4.69) is 4.99 Å². The molecule has 0 amide bonds. The first-order valence-corrected chi connectivity index (χ1v) is 9.29. The Balaban J connectivity index is 1.59. The molecule has 0 atom stereocenters. The van der Waals surface area contributed by atoms with E-state index in [1.807, 2.05) is 24.3 Å². The second kappa shape index (κ2) is 7.83. The van der Waals surface area contributed by atoms with Gasteiger partial charge in [0, 0.05) is 22.9 Å². The van der Waals surface area contributed by atoms with Crippen LogP contribution in [0.4, 0.5) is 0 Å². The maximum absolute atomic E-state index is 12.9. The molecule has 1 N–H and O–H groups in total. The fraction of sp³-hybridized carbons (Fsp3) is 0.217. The topological polar surface area (TPSA) is 81.3 Å². The molecule has 0 saturated heterocycles. The Morgan fingerprint density at radius 3 is 2.69 bits per heavy atom. The van der Waals surface area contributed by atoms with Gasteiger partial charge in [0.1, 0.15) is 17.8 Å². The number of hydrogen-bond donors (Lipinski definition) is 1. The fourth-order valence-corrected chi connectivity index (χ4v) is 3.60. The highest BCUT2D eigenvalue weighted by molar-refractivity contribution is 5.81. The molecule has 1 aromatic heterocycles. The Morgan fingerprint density at radius 1 is 1.10 bits per heavy atom. The highest BCUT2D eigenvalue weighted by Gasteiger charge is 2.23. The van der Waals surface area contributed by atoms with Crippen LogP contribution in [-0.4, -0.2) is 25.5 Å². The Labute approximate surface area is 168 Å². The maximum atomic E-state index is 12.9. The molecule has 2 aromatic carbocycles. The summed E-state index contributed by atoms with van der Waals surface area (Å²) in [7, 11) is 3.17. The number of methoxy groups -OCH3 is 2. The molecule has 3 aromatic rings. The number of ether oxygens (including phenoxy) is 2. The van der Waals surface area contributed by atoms with Crippen molar-refractivity contribution in [2.24, 2.45) is 4.99 Å². The first-order valence-electron chi connectivity index (χ1n) is 9.29. The largest absolute Gasteiger partial charge is 0.508 e. The molecule has 0 radical (unpaired) electrons. The number of aromatic hydroxyl groups is 1. The normalized spacial score (nSPS) is 12.5. The second-order valence-corrected chi connectivity index (χ2v) is 6.79. The minimum absolute atomic E-state index is 0.0868. The average molecular weight is 391 g/mol. The van der Waals surface area contributed by atoms with Gasteiger partial charge in [-0.05, 0) is 36.6 Å². The summed E-state index contributed by atoms with van der Waals surface area (Å²) in [4.78, 5) is 17.3. The summed E-state index contributed by atoms with van der Waals surface area (Å²) >= 11 is 0. The van der Waals surface area contributed by atoms with Crippen molar-refractivity contribution in [3.8, 4) is 28.6 Å². The number of rotatable bonds is 5. The summed E-state index contributed by atoms with van der Waals surface area (Å²) in [5.74, 6) is 2.05. The van der Waals surface area contributed by atoms with Gasteiger partial charge in [-0.15, -0.1) is 0 Å². The van der Waals surface area contributed by atoms with Gasteiger partial charge >= 0.3 is 0 Å². The van der Waals surface area contributed by atoms with Gasteiger partial charge in [-0.3, -0.25) is 9.79 Å². The summed E-state index contributed by atoms with van der Waals surface area (Å²) in [5.41, 5.74) is 3.48. The van der Waals surface area contributed by atoms with Gasteiger partial charge in [-0.1, -0.05) is 18.2 Å². The smallest absolute Gasteiger partial charge is 0.197 e. The lowest BCUT2D eigenvalue weighted by Gasteiger charge is -2.18. The Morgan fingerprint density at radius 2 is 1.90 bits per heavy atom. The number of aliphatic imine (C=N–C) groups is 1. The third kappa shape index (κ3) is 3.49. The van der Waals surface area contributed by atoms with E-state index >= 15 is 0 Å². The van der Waals surface area contributed by atoms with E-state index in [1.165, 1.54) is 6.26 Å². The molecule has 6 heteroatoms. The van der Waals surface area contributed by atoms with Crippen LogP contribution in [0.5, 0.6) is 17.2 Å². The molecule has 0 fully saturated rings. The standard InChI is InChI=1S/C23H21NO5/c1-27-20-9-6-14(10-21(20)28-2)11-24-12-15-13-29-23-17-4-3-5-19(25)16(17)7-8-18(23)22(15)26/h3-6,9-10,12-13,25H,7-8,11H2,1-2H3. The predicted molar refractivity (Wildman–Crippen MR) is 110 cm³/mol. The van der Waals surface area contributed by atoms with Crippen molar-refractivity contribution in [2.75, 3.05) is 14.2 Å². The summed E-state index contributed by atoms with van der Waals surface area (Å²) in [6, 6.07) is 10.8. The molecule has 1 aliphatic carbocycles. The Hall–Kier alpha value is -3.54. The quantitative estimate of drug-likeness (QED) is 0.670. The van der Waals surface area contributed by atoms with Crippen LogP contribution in [0, 0.1) is 0 Å². The summed E-state index contributed by atoms with van der Waals surface area (Å²) in [5, 5.41) is 10.0. The van der Waals surface area contributed by atoms with Crippen LogP contribution >= 0.6 is 0 Å². The maximum Gasteiger partial charge on any atom is 0.197 e. The van der Waals surface area contributed by atoms with E-state index in [0.29, 0.717) is 47.8 Å². The zero-order chi connectivity index (χ0) is 20.4. The second-order valence-electron chi connectivity index (χ2n) is 6.79. The van der Waals surface area contributed by atoms with Crippen molar-refractivity contribution in [2.45, 2.75) is 19.4 Å². The minimum atomic E-state index is -0.0868. The van der Waals surface area contributed by atoms with E-state index in [1.54, 1.807) is 32.6 Å². The van der Waals surface area contributed by atoms with Gasteiger partial charge in [0.2, 0.25) is 0 Å². The van der Waals surface area contributed by atoms with E-state index in [4.69, 9.17) is 13.9 Å². The van der Waals surface area contributed by atoms with Gasteiger partial charge in [-0.2, -0.15) is 0 Å². The van der Waals surface area contributed by atoms with E-state index in [-0.39, 0.29) is 11.2 Å². The molecule has 0 aliphatic heterocycles. The van der Waals surface area contributed by atoms with Gasteiger partial charge in [0.05, 0.1) is 26.3 Å². The van der Waals surface area contributed by atoms with Gasteiger partial charge in [-0.25, -0.2) is 0 Å². The molecular formula is C23H21NO5. The molecule has 6 nitrogen and oxygen atoms in total. The van der Waals surface area contributed by atoms with Crippen LogP contribution in [0.15, 0.2) is 56.9 Å². The highest BCUT2D eigenvalue weighted by atomic mass is 16.5. The monoisotopic (exact) mass is 391 g/mol. The number of fused-ring (bicyclic) bond motifs is 3. The molecule has 0 bridgehead atoms. The van der Waals surface area contributed by atoms with Crippen LogP contribution < -0.4 is 14.9 Å². The van der Waals surface area contributed by atoms with Crippen molar-refractivity contribution >= 4 is 6.21 Å². The summed E-state index contributed by atoms with van der Waals surface area (Å²) < 4.78 is 16.3. The zero-order valence-electron chi connectivity index (χ0n) is 16.3. The molecule has 29 heavy (non-hydrogen) atoms. The van der Waals surface area contributed by atoms with Crippen molar-refractivity contribution in [1.29, 1.82) is 0 Å². The van der Waals surface area contributed by atoms with Crippen LogP contribution in [0.25, 0.3) is 11.3 Å². The lowest BCUT2D eigenvalue weighted by Crippen LogP contribution is -2.19. The van der Waals surface area contributed by atoms with Gasteiger partial charge in [0.15, 0.2) is 16.9 Å². The van der Waals surface area contributed by atoms with Crippen LogP contribution in [0.3, 0.4) is 0 Å². The SMILES string of the molecule is COc1ccc(CN=Cc2coc3c(c2=O)CCc2c(O)cccc2-3)cc1OC. The van der Waals surface area contributed by atoms with Crippen LogP contribution in [-0.2, 0) is 19.4 Å². The lowest BCUT2D eigenvalue weighted by molar-refractivity contribution is 0.354. The molecule has 0 spiro atoms. The Kier molecular flexibility index (Phi) is 5.08. The van der Waals surface area contributed by atoms with Gasteiger partial charge in [0.25, 0.3) is 0 Å². The van der Waals surface area contributed by atoms with Crippen LogP contribution in [0.1, 0.15) is 22.3 Å². The highest BCUT2D eigenvalue weighted by Crippen LogP contribution is 2.36. The predicted octanol–water partition coefficient (Wildman–Crippen LogP) is 3.75. The van der Waals surface area contributed by atoms with Crippen molar-refractivity contribution in [3.63, 3.8) is 0 Å². The van der Waals surface area contributed by atoms with Crippen molar-refractivity contribution in [1.82, 2.24) is 0 Å². The minimum Gasteiger partial charge on any atom is -0.508 e. The molecule has 1 aliphatic rings. The number of benzene rings is 2. The zero-order valence-corrected chi connectivity index (χ0v) is 16.3. The van der Waals surface area contributed by atoms with Crippen molar-refractivity contribution < 1.29 is 19.0 Å². The summed E-state index contributed by atoms with van der Waals surface area (Å²) in [6.45, 7) is 0.396. The summed E-state index contributed by atoms with van der Waals surface area (Å²) in [6.07, 6.45) is 4.10. The molecule has 4 rings (SSSR count). The lowest BCUT2D eigenvalue weighted by atomic mass is 9.88. The van der Waals surface area contributed by atoms with E-state index in [0.717, 1.165) is 16.7 Å². The number of nitrogens with zero attached hydrogens (tertiary/aromatic N) is 1. The van der Waals surface area contributed by atoms with Crippen LogP contribution in [0.2, 0.25) is 0 Å². The van der Waals surface area contributed by atoms with Crippen molar-refractivity contribution in [3.05, 3.63) is 75.1 Å².